The lowest BCUT2D eigenvalue weighted by atomic mass is 10.1. The molecule has 1 fully saturated rings. The minimum Gasteiger partial charge on any atom is -0.337 e. The zero-order valence-corrected chi connectivity index (χ0v) is 15.4. The summed E-state index contributed by atoms with van der Waals surface area (Å²) in [7, 11) is 0. The molecular weight excluding hydrogens is 372 g/mol. The zero-order valence-electron chi connectivity index (χ0n) is 13.0. The Kier molecular flexibility index (Phi) is 8.09. The van der Waals surface area contributed by atoms with Crippen LogP contribution in [0, 0.1) is 5.82 Å². The summed E-state index contributed by atoms with van der Waals surface area (Å²) in [6.45, 7) is 1.36. The summed E-state index contributed by atoms with van der Waals surface area (Å²) in [5.74, 6) is -0.293. The molecule has 24 heavy (non-hydrogen) atoms. The number of hydrogen-bond donors (Lipinski definition) is 1. The van der Waals surface area contributed by atoms with Gasteiger partial charge in [0.15, 0.2) is 0 Å². The number of piperidine rings is 1. The van der Waals surface area contributed by atoms with Crippen LogP contribution in [-0.4, -0.2) is 34.9 Å². The van der Waals surface area contributed by atoms with Crippen LogP contribution in [0.2, 0.25) is 0 Å². The van der Waals surface area contributed by atoms with Crippen LogP contribution in [0.5, 0.6) is 0 Å². The smallest absolute Gasteiger partial charge is 0.273 e. The Morgan fingerprint density at radius 3 is 2.62 bits per heavy atom. The number of amides is 1. The predicted octanol–water partition coefficient (Wildman–Crippen LogP) is 3.28. The summed E-state index contributed by atoms with van der Waals surface area (Å²) in [6, 6.07) is 6.83. The van der Waals surface area contributed by atoms with Crippen molar-refractivity contribution < 1.29 is 9.18 Å². The van der Waals surface area contributed by atoms with E-state index in [2.05, 4.69) is 4.98 Å². The molecule has 1 aliphatic rings. The molecule has 2 aromatic rings. The number of nitrogens with zero attached hydrogens (tertiary/aromatic N) is 2. The SMILES string of the molecule is Cl.Cl.NC1CCN(C(=O)c2csc(Cc3ccccc3F)n2)CC1. The van der Waals surface area contributed by atoms with Gasteiger partial charge in [-0.15, -0.1) is 36.2 Å². The quantitative estimate of drug-likeness (QED) is 0.872. The van der Waals surface area contributed by atoms with Gasteiger partial charge in [0, 0.05) is 30.9 Å². The molecule has 4 nitrogen and oxygen atoms in total. The van der Waals surface area contributed by atoms with Crippen molar-refractivity contribution in [2.75, 3.05) is 13.1 Å². The fraction of sp³-hybridized carbons (Fsp3) is 0.375. The van der Waals surface area contributed by atoms with Crippen LogP contribution in [0.1, 0.15) is 33.9 Å². The molecule has 8 heteroatoms. The molecule has 3 rings (SSSR count). The Hall–Kier alpha value is -1.21. The molecule has 1 aliphatic heterocycles. The summed E-state index contributed by atoms with van der Waals surface area (Å²) in [5, 5.41) is 2.51. The number of benzene rings is 1. The van der Waals surface area contributed by atoms with Crippen molar-refractivity contribution in [1.82, 2.24) is 9.88 Å². The van der Waals surface area contributed by atoms with E-state index in [-0.39, 0.29) is 42.6 Å². The van der Waals surface area contributed by atoms with E-state index in [1.54, 1.807) is 28.5 Å². The summed E-state index contributed by atoms with van der Waals surface area (Å²) < 4.78 is 13.7. The monoisotopic (exact) mass is 391 g/mol. The van der Waals surface area contributed by atoms with Gasteiger partial charge in [-0.1, -0.05) is 18.2 Å². The molecule has 0 spiro atoms. The van der Waals surface area contributed by atoms with Crippen molar-refractivity contribution in [1.29, 1.82) is 0 Å². The Labute approximate surface area is 157 Å². The van der Waals surface area contributed by atoms with E-state index in [9.17, 15) is 9.18 Å². The fourth-order valence-corrected chi connectivity index (χ4v) is 3.35. The molecule has 0 bridgehead atoms. The molecule has 2 heterocycles. The minimum atomic E-state index is -0.240. The molecule has 0 unspecified atom stereocenters. The van der Waals surface area contributed by atoms with Crippen molar-refractivity contribution in [3.63, 3.8) is 0 Å². The molecule has 2 N–H and O–H groups in total. The lowest BCUT2D eigenvalue weighted by molar-refractivity contribution is 0.0709. The third-order valence-electron chi connectivity index (χ3n) is 3.90. The predicted molar refractivity (Wildman–Crippen MR) is 98.9 cm³/mol. The zero-order chi connectivity index (χ0) is 15.5. The third-order valence-corrected chi connectivity index (χ3v) is 4.75. The van der Waals surface area contributed by atoms with E-state index in [1.807, 2.05) is 0 Å². The van der Waals surface area contributed by atoms with Crippen molar-refractivity contribution in [3.8, 4) is 0 Å². The average molecular weight is 392 g/mol. The maximum absolute atomic E-state index is 13.7. The standard InChI is InChI=1S/C16H18FN3OS.2ClH/c17-13-4-2-1-3-11(13)9-15-19-14(10-22-15)16(21)20-7-5-12(18)6-8-20;;/h1-4,10,12H,5-9,18H2;2*1H. The highest BCUT2D eigenvalue weighted by Gasteiger charge is 2.23. The minimum absolute atomic E-state index is 0. The number of carbonyl (C=O) groups is 1. The highest BCUT2D eigenvalue weighted by molar-refractivity contribution is 7.09. The van der Waals surface area contributed by atoms with Crippen molar-refractivity contribution in [3.05, 3.63) is 51.7 Å². The van der Waals surface area contributed by atoms with Gasteiger partial charge in [0.05, 0.1) is 5.01 Å². The van der Waals surface area contributed by atoms with Gasteiger partial charge in [-0.25, -0.2) is 9.37 Å². The summed E-state index contributed by atoms with van der Waals surface area (Å²) in [4.78, 5) is 18.6. The number of rotatable bonds is 3. The van der Waals surface area contributed by atoms with Gasteiger partial charge in [-0.3, -0.25) is 4.79 Å². The van der Waals surface area contributed by atoms with Crippen LogP contribution in [0.4, 0.5) is 4.39 Å². The number of carbonyl (C=O) groups excluding carboxylic acids is 1. The second kappa shape index (κ2) is 9.32. The first-order valence-corrected chi connectivity index (χ1v) is 8.24. The van der Waals surface area contributed by atoms with Gasteiger partial charge in [0.1, 0.15) is 11.5 Å². The van der Waals surface area contributed by atoms with Gasteiger partial charge in [0.2, 0.25) is 0 Å². The van der Waals surface area contributed by atoms with Crippen molar-refractivity contribution >= 4 is 42.1 Å². The Morgan fingerprint density at radius 2 is 1.96 bits per heavy atom. The van der Waals surface area contributed by atoms with Crippen molar-refractivity contribution in [2.24, 2.45) is 5.73 Å². The molecule has 1 saturated heterocycles. The number of thiazole rings is 1. The normalized spacial score (nSPS) is 14.7. The molecule has 1 aromatic heterocycles. The summed E-state index contributed by atoms with van der Waals surface area (Å²) in [5.41, 5.74) is 6.90. The van der Waals surface area contributed by atoms with Gasteiger partial charge < -0.3 is 10.6 Å². The number of aromatic nitrogens is 1. The molecule has 0 radical (unpaired) electrons. The molecule has 0 atom stereocenters. The van der Waals surface area contributed by atoms with Crippen LogP contribution in [0.25, 0.3) is 0 Å². The molecule has 0 saturated carbocycles. The highest BCUT2D eigenvalue weighted by Crippen LogP contribution is 2.19. The van der Waals surface area contributed by atoms with E-state index >= 15 is 0 Å². The first-order chi connectivity index (χ1) is 10.6. The van der Waals surface area contributed by atoms with Crippen LogP contribution in [0.15, 0.2) is 29.6 Å². The highest BCUT2D eigenvalue weighted by atomic mass is 35.5. The maximum Gasteiger partial charge on any atom is 0.273 e. The van der Waals surface area contributed by atoms with Gasteiger partial charge >= 0.3 is 0 Å². The fourth-order valence-electron chi connectivity index (χ4n) is 2.56. The van der Waals surface area contributed by atoms with Gasteiger partial charge in [-0.2, -0.15) is 0 Å². The largest absolute Gasteiger partial charge is 0.337 e. The molecule has 0 aliphatic carbocycles. The summed E-state index contributed by atoms with van der Waals surface area (Å²) in [6.07, 6.45) is 2.07. The van der Waals surface area contributed by atoms with Crippen LogP contribution < -0.4 is 5.73 Å². The van der Waals surface area contributed by atoms with Crippen molar-refractivity contribution in [2.45, 2.75) is 25.3 Å². The Morgan fingerprint density at radius 1 is 1.29 bits per heavy atom. The van der Waals surface area contributed by atoms with E-state index in [1.165, 1.54) is 17.4 Å². The van der Waals surface area contributed by atoms with Crippen LogP contribution >= 0.6 is 36.2 Å². The summed E-state index contributed by atoms with van der Waals surface area (Å²) >= 11 is 1.40. The second-order valence-electron chi connectivity index (χ2n) is 5.52. The molecule has 1 amide bonds. The van der Waals surface area contributed by atoms with Gasteiger partial charge in [-0.05, 0) is 24.5 Å². The molecule has 1 aromatic carbocycles. The van der Waals surface area contributed by atoms with Crippen LogP contribution in [-0.2, 0) is 6.42 Å². The van der Waals surface area contributed by atoms with Gasteiger partial charge in [0.25, 0.3) is 5.91 Å². The number of hydrogen-bond acceptors (Lipinski definition) is 4. The Balaban J connectivity index is 0.00000144. The molecule has 132 valence electrons. The average Bonchev–Trinajstić information content (AvgIpc) is 2.98. The van der Waals surface area contributed by atoms with E-state index in [0.29, 0.717) is 30.8 Å². The first-order valence-electron chi connectivity index (χ1n) is 7.36. The number of likely N-dealkylation sites (tertiary alicyclic amines) is 1. The number of halogens is 3. The lowest BCUT2D eigenvalue weighted by Gasteiger charge is -2.29. The van der Waals surface area contributed by atoms with E-state index < -0.39 is 0 Å². The van der Waals surface area contributed by atoms with E-state index in [0.717, 1.165) is 17.8 Å². The topological polar surface area (TPSA) is 59.2 Å². The third kappa shape index (κ3) is 4.89. The molecular formula is C16H20Cl2FN3OS. The second-order valence-corrected chi connectivity index (χ2v) is 6.47. The maximum atomic E-state index is 13.7. The van der Waals surface area contributed by atoms with Crippen LogP contribution in [0.3, 0.4) is 0 Å². The van der Waals surface area contributed by atoms with E-state index in [4.69, 9.17) is 5.73 Å². The first kappa shape index (κ1) is 20.8. The number of nitrogens with two attached hydrogens (primary N) is 1. The lowest BCUT2D eigenvalue weighted by Crippen LogP contribution is -2.42. The Bertz CT molecular complexity index is 675.